The topological polar surface area (TPSA) is 75.4 Å². The van der Waals surface area contributed by atoms with Gasteiger partial charge in [-0.05, 0) is 28.8 Å². The molecule has 5 rings (SSSR count). The third-order valence-corrected chi connectivity index (χ3v) is 6.67. The SMILES string of the molecule is O=C(O)[C@@H]1Cc2c(ncn2Cc2cccc(Cl)c2)CN1C(=O)C(c1ccccc1)c1ccccc1. The molecule has 0 spiro atoms. The van der Waals surface area contributed by atoms with Crippen LogP contribution < -0.4 is 0 Å². The summed E-state index contributed by atoms with van der Waals surface area (Å²) in [4.78, 5) is 32.4. The van der Waals surface area contributed by atoms with E-state index < -0.39 is 17.9 Å². The number of carbonyl (C=O) groups is 2. The first-order valence-electron chi connectivity index (χ1n) is 11.4. The predicted molar refractivity (Wildman–Crippen MR) is 133 cm³/mol. The summed E-state index contributed by atoms with van der Waals surface area (Å²) in [5, 5.41) is 10.8. The molecule has 1 amide bonds. The normalized spacial score (nSPS) is 15.1. The van der Waals surface area contributed by atoms with Crippen LogP contribution in [0.15, 0.2) is 91.3 Å². The van der Waals surface area contributed by atoms with Gasteiger partial charge in [0.05, 0.1) is 24.5 Å². The number of carbonyl (C=O) groups excluding carboxylic acids is 1. The molecular formula is C28H24ClN3O3. The van der Waals surface area contributed by atoms with Crippen molar-refractivity contribution in [3.05, 3.63) is 124 Å². The Labute approximate surface area is 208 Å². The molecule has 0 aliphatic carbocycles. The van der Waals surface area contributed by atoms with E-state index >= 15 is 0 Å². The Morgan fingerprint density at radius 2 is 1.63 bits per heavy atom. The molecule has 0 saturated carbocycles. The second kappa shape index (κ2) is 9.76. The van der Waals surface area contributed by atoms with Crippen molar-refractivity contribution < 1.29 is 14.7 Å². The average molecular weight is 486 g/mol. The van der Waals surface area contributed by atoms with Crippen molar-refractivity contribution in [3.8, 4) is 0 Å². The van der Waals surface area contributed by atoms with Crippen molar-refractivity contribution in [2.24, 2.45) is 0 Å². The molecule has 4 aromatic rings. The maximum atomic E-state index is 14.0. The monoisotopic (exact) mass is 485 g/mol. The Kier molecular flexibility index (Phi) is 6.38. The lowest BCUT2D eigenvalue weighted by Crippen LogP contribution is -2.50. The number of hydrogen-bond donors (Lipinski definition) is 1. The van der Waals surface area contributed by atoms with E-state index in [1.807, 2.05) is 89.5 Å². The first kappa shape index (κ1) is 22.9. The Bertz CT molecular complexity index is 1310. The number of hydrogen-bond acceptors (Lipinski definition) is 3. The van der Waals surface area contributed by atoms with Gasteiger partial charge in [-0.2, -0.15) is 0 Å². The predicted octanol–water partition coefficient (Wildman–Crippen LogP) is 4.75. The summed E-state index contributed by atoms with van der Waals surface area (Å²) in [6, 6.07) is 25.5. The largest absolute Gasteiger partial charge is 0.480 e. The van der Waals surface area contributed by atoms with E-state index in [0.29, 0.717) is 11.6 Å². The second-order valence-corrected chi connectivity index (χ2v) is 9.11. The quantitative estimate of drug-likeness (QED) is 0.427. The molecule has 1 aromatic heterocycles. The van der Waals surface area contributed by atoms with E-state index in [1.165, 1.54) is 4.90 Å². The maximum Gasteiger partial charge on any atom is 0.326 e. The molecule has 1 aliphatic rings. The van der Waals surface area contributed by atoms with Crippen molar-refractivity contribution in [2.75, 3.05) is 0 Å². The molecule has 0 fully saturated rings. The molecule has 2 heterocycles. The van der Waals surface area contributed by atoms with E-state index in [-0.39, 0.29) is 18.9 Å². The van der Waals surface area contributed by atoms with E-state index in [0.717, 1.165) is 28.1 Å². The Balaban J connectivity index is 1.49. The van der Waals surface area contributed by atoms with Crippen molar-refractivity contribution in [1.82, 2.24) is 14.5 Å². The van der Waals surface area contributed by atoms with Gasteiger partial charge in [-0.3, -0.25) is 4.79 Å². The zero-order valence-corrected chi connectivity index (χ0v) is 19.7. The summed E-state index contributed by atoms with van der Waals surface area (Å²) in [7, 11) is 0. The number of amides is 1. The van der Waals surface area contributed by atoms with Crippen molar-refractivity contribution >= 4 is 23.5 Å². The molecule has 0 unspecified atom stereocenters. The van der Waals surface area contributed by atoms with Crippen LogP contribution in [0.5, 0.6) is 0 Å². The van der Waals surface area contributed by atoms with Gasteiger partial charge in [-0.1, -0.05) is 84.4 Å². The lowest BCUT2D eigenvalue weighted by molar-refractivity contribution is -0.151. The van der Waals surface area contributed by atoms with Gasteiger partial charge in [-0.25, -0.2) is 9.78 Å². The third-order valence-electron chi connectivity index (χ3n) is 6.44. The molecule has 1 N–H and O–H groups in total. The van der Waals surface area contributed by atoms with Gasteiger partial charge >= 0.3 is 5.97 Å². The van der Waals surface area contributed by atoms with Gasteiger partial charge in [0.1, 0.15) is 6.04 Å². The molecule has 0 bridgehead atoms. The fraction of sp³-hybridized carbons (Fsp3) is 0.179. The summed E-state index contributed by atoms with van der Waals surface area (Å²) in [5.41, 5.74) is 4.20. The number of fused-ring (bicyclic) bond motifs is 1. The highest BCUT2D eigenvalue weighted by atomic mass is 35.5. The zero-order valence-electron chi connectivity index (χ0n) is 18.9. The molecule has 35 heavy (non-hydrogen) atoms. The summed E-state index contributed by atoms with van der Waals surface area (Å²) >= 11 is 6.13. The van der Waals surface area contributed by atoms with Crippen LogP contribution in [0.25, 0.3) is 0 Å². The number of nitrogens with zero attached hydrogens (tertiary/aromatic N) is 3. The third kappa shape index (κ3) is 4.70. The van der Waals surface area contributed by atoms with Crippen molar-refractivity contribution in [1.29, 1.82) is 0 Å². The number of imidazole rings is 1. The van der Waals surface area contributed by atoms with Crippen LogP contribution in [0.4, 0.5) is 0 Å². The lowest BCUT2D eigenvalue weighted by Gasteiger charge is -2.35. The highest BCUT2D eigenvalue weighted by Gasteiger charge is 2.40. The molecule has 3 aromatic carbocycles. The Hall–Kier alpha value is -3.90. The standard InChI is InChI=1S/C28H24ClN3O3/c29-22-13-7-8-19(14-22)16-31-18-30-23-17-32(25(28(34)35)15-24(23)31)27(33)26(20-9-3-1-4-10-20)21-11-5-2-6-12-21/h1-14,18,25-26H,15-17H2,(H,34,35)/t25-/m0/s1. The summed E-state index contributed by atoms with van der Waals surface area (Å²) in [6.45, 7) is 0.670. The number of benzene rings is 3. The van der Waals surface area contributed by atoms with Gasteiger partial charge in [-0.15, -0.1) is 0 Å². The number of rotatable bonds is 6. The van der Waals surface area contributed by atoms with Gasteiger partial charge in [0.2, 0.25) is 5.91 Å². The van der Waals surface area contributed by atoms with Crippen molar-refractivity contribution in [2.45, 2.75) is 31.5 Å². The van der Waals surface area contributed by atoms with Crippen LogP contribution in [-0.2, 0) is 29.1 Å². The van der Waals surface area contributed by atoms with Gasteiger partial charge in [0.25, 0.3) is 0 Å². The van der Waals surface area contributed by atoms with Gasteiger partial charge < -0.3 is 14.6 Å². The van der Waals surface area contributed by atoms with E-state index in [9.17, 15) is 14.7 Å². The molecule has 0 radical (unpaired) electrons. The molecule has 7 heteroatoms. The first-order chi connectivity index (χ1) is 17.0. The molecule has 176 valence electrons. The average Bonchev–Trinajstić information content (AvgIpc) is 3.26. The van der Waals surface area contributed by atoms with E-state index in [1.54, 1.807) is 6.33 Å². The number of carboxylic acids is 1. The van der Waals surface area contributed by atoms with E-state index in [2.05, 4.69) is 4.98 Å². The minimum Gasteiger partial charge on any atom is -0.480 e. The van der Waals surface area contributed by atoms with Crippen LogP contribution in [0.3, 0.4) is 0 Å². The van der Waals surface area contributed by atoms with Crippen LogP contribution in [0.1, 0.15) is 34.0 Å². The van der Waals surface area contributed by atoms with Crippen LogP contribution in [-0.4, -0.2) is 37.5 Å². The summed E-state index contributed by atoms with van der Waals surface area (Å²) in [6.07, 6.45) is 1.90. The number of halogens is 1. The Morgan fingerprint density at radius 3 is 2.23 bits per heavy atom. The minimum atomic E-state index is -1.03. The number of aliphatic carboxylic acids is 1. The maximum absolute atomic E-state index is 14.0. The lowest BCUT2D eigenvalue weighted by atomic mass is 9.88. The van der Waals surface area contributed by atoms with Crippen LogP contribution in [0, 0.1) is 0 Å². The Morgan fingerprint density at radius 1 is 0.971 bits per heavy atom. The first-order valence-corrected chi connectivity index (χ1v) is 11.8. The molecule has 1 atom stereocenters. The second-order valence-electron chi connectivity index (χ2n) is 8.67. The molecular weight excluding hydrogens is 462 g/mol. The summed E-state index contributed by atoms with van der Waals surface area (Å²) in [5.74, 6) is -1.88. The highest BCUT2D eigenvalue weighted by Crippen LogP contribution is 2.32. The van der Waals surface area contributed by atoms with Gasteiger partial charge in [0, 0.05) is 23.7 Å². The minimum absolute atomic E-state index is 0.143. The molecule has 1 aliphatic heterocycles. The van der Waals surface area contributed by atoms with Crippen molar-refractivity contribution in [3.63, 3.8) is 0 Å². The fourth-order valence-corrected chi connectivity index (χ4v) is 4.95. The fourth-order valence-electron chi connectivity index (χ4n) is 4.74. The molecule has 6 nitrogen and oxygen atoms in total. The van der Waals surface area contributed by atoms with Crippen LogP contribution >= 0.6 is 11.6 Å². The summed E-state index contributed by atoms with van der Waals surface area (Å²) < 4.78 is 1.95. The van der Waals surface area contributed by atoms with Gasteiger partial charge in [0.15, 0.2) is 0 Å². The smallest absolute Gasteiger partial charge is 0.326 e. The van der Waals surface area contributed by atoms with Crippen LogP contribution in [0.2, 0.25) is 5.02 Å². The number of aromatic nitrogens is 2. The van der Waals surface area contributed by atoms with E-state index in [4.69, 9.17) is 11.6 Å². The zero-order chi connectivity index (χ0) is 24.4. The number of carboxylic acid groups (broad SMARTS) is 1. The molecule has 0 saturated heterocycles. The highest BCUT2D eigenvalue weighted by molar-refractivity contribution is 6.30.